The molecule has 2 aliphatic rings. The van der Waals surface area contributed by atoms with Gasteiger partial charge in [-0.1, -0.05) is 0 Å². The van der Waals surface area contributed by atoms with Gasteiger partial charge in [-0.3, -0.25) is 24.5 Å². The van der Waals surface area contributed by atoms with Gasteiger partial charge in [-0.05, 0) is 70.7 Å². The summed E-state index contributed by atoms with van der Waals surface area (Å²) in [4.78, 5) is 54.6. The monoisotopic (exact) mass is 658 g/mol. The largest absolute Gasteiger partial charge is 0.443 e. The van der Waals surface area contributed by atoms with E-state index in [0.717, 1.165) is 54.6 Å². The molecule has 0 saturated heterocycles. The predicted octanol–water partition coefficient (Wildman–Crippen LogP) is 5.69. The molecule has 0 aliphatic heterocycles. The molecule has 1 N–H and O–H groups in total. The maximum Gasteiger partial charge on any atom is 0.416 e. The van der Waals surface area contributed by atoms with Crippen molar-refractivity contribution in [3.8, 4) is 22.5 Å². The minimum absolute atomic E-state index is 0.0334. The van der Waals surface area contributed by atoms with E-state index < -0.39 is 11.7 Å². The van der Waals surface area contributed by atoms with Crippen LogP contribution in [0, 0.1) is 0 Å². The maximum absolute atomic E-state index is 13.0. The molecule has 14 heteroatoms. The molecule has 2 fully saturated rings. The molecule has 2 saturated carbocycles. The summed E-state index contributed by atoms with van der Waals surface area (Å²) in [5.41, 5.74) is 4.25. The van der Waals surface area contributed by atoms with Crippen LogP contribution in [0.3, 0.4) is 0 Å². The number of nitrogens with zero attached hydrogens (tertiary/aromatic N) is 9. The Morgan fingerprint density at radius 2 is 1.41 bits per heavy atom. The van der Waals surface area contributed by atoms with Crippen molar-refractivity contribution in [3.63, 3.8) is 0 Å². The topological polar surface area (TPSA) is 162 Å². The molecule has 0 spiro atoms. The maximum atomic E-state index is 13.0. The third kappa shape index (κ3) is 6.84. The molecule has 0 atom stereocenters. The summed E-state index contributed by atoms with van der Waals surface area (Å²) in [7, 11) is 0. The summed E-state index contributed by atoms with van der Waals surface area (Å²) in [5, 5.41) is 12.0. The van der Waals surface area contributed by atoms with E-state index in [0.29, 0.717) is 46.3 Å². The van der Waals surface area contributed by atoms with Crippen molar-refractivity contribution in [2.24, 2.45) is 0 Å². The van der Waals surface area contributed by atoms with Crippen molar-refractivity contribution in [2.45, 2.75) is 64.1 Å². The third-order valence-corrected chi connectivity index (χ3v) is 7.83. The highest BCUT2D eigenvalue weighted by Gasteiger charge is 2.38. The summed E-state index contributed by atoms with van der Waals surface area (Å²) in [6, 6.07) is 11.8. The van der Waals surface area contributed by atoms with Gasteiger partial charge in [0.1, 0.15) is 17.2 Å². The Morgan fingerprint density at radius 3 is 1.92 bits per heavy atom. The molecule has 0 aromatic carbocycles. The lowest BCUT2D eigenvalue weighted by Gasteiger charge is -2.27. The number of carbonyl (C=O) groups is 3. The zero-order valence-electron chi connectivity index (χ0n) is 27.2. The molecule has 49 heavy (non-hydrogen) atoms. The van der Waals surface area contributed by atoms with Crippen LogP contribution < -0.4 is 10.2 Å². The Bertz CT molecular complexity index is 2150. The van der Waals surface area contributed by atoms with Crippen molar-refractivity contribution in [1.29, 1.82) is 0 Å². The molecule has 0 bridgehead atoms. The summed E-state index contributed by atoms with van der Waals surface area (Å²) < 4.78 is 8.83. The van der Waals surface area contributed by atoms with Gasteiger partial charge in [0.05, 0.1) is 34.9 Å². The Kier molecular flexibility index (Phi) is 8.28. The first-order valence-corrected chi connectivity index (χ1v) is 16.0. The highest BCUT2D eigenvalue weighted by Crippen LogP contribution is 2.35. The van der Waals surface area contributed by atoms with Gasteiger partial charge in [-0.2, -0.15) is 19.2 Å². The van der Waals surface area contributed by atoms with Crippen LogP contribution in [-0.2, 0) is 4.74 Å². The van der Waals surface area contributed by atoms with E-state index in [1.807, 2.05) is 51.1 Å². The molecule has 6 aromatic rings. The van der Waals surface area contributed by atoms with E-state index in [2.05, 4.69) is 35.5 Å². The second-order valence-electron chi connectivity index (χ2n) is 12.9. The average molecular weight is 659 g/mol. The molecule has 6 aromatic heterocycles. The minimum atomic E-state index is -0.624. The van der Waals surface area contributed by atoms with Gasteiger partial charge in [0.2, 0.25) is 0 Å². The van der Waals surface area contributed by atoms with Crippen LogP contribution >= 0.6 is 0 Å². The number of hydrogen-bond donors (Lipinski definition) is 1. The lowest BCUT2D eigenvalue weighted by molar-refractivity contribution is 0.0575. The van der Waals surface area contributed by atoms with Crippen LogP contribution in [0.1, 0.15) is 67.2 Å². The van der Waals surface area contributed by atoms with E-state index in [1.54, 1.807) is 46.5 Å². The predicted molar refractivity (Wildman–Crippen MR) is 182 cm³/mol. The molecule has 248 valence electrons. The molecule has 8 rings (SSSR count). The van der Waals surface area contributed by atoms with Crippen molar-refractivity contribution in [2.75, 3.05) is 10.2 Å². The summed E-state index contributed by atoms with van der Waals surface area (Å²) in [6.45, 7) is 5.49. The zero-order chi connectivity index (χ0) is 34.1. The second-order valence-corrected chi connectivity index (χ2v) is 12.9. The fraction of sp³-hybridized carbons (Fsp3) is 0.286. The first kappa shape index (κ1) is 31.5. The molecule has 1 amide bonds. The third-order valence-electron chi connectivity index (χ3n) is 7.83. The number of aromatic nitrogens is 8. The van der Waals surface area contributed by atoms with Crippen LogP contribution in [0.25, 0.3) is 33.8 Å². The molecule has 6 heterocycles. The lowest BCUT2D eigenvalue weighted by Crippen LogP contribution is -2.39. The number of anilines is 2. The standard InChI is InChI=1S/C20H21N5O3.C15H13N5O/c1-20(2,3)28-19(27)24(15-6-7-15)17-9-16(13-5-4-8-21-10-13)23-18-14(12-26)11-22-25(17)18;21-9-11-8-17-20-14(18-12-3-4-12)6-13(19-15(11)20)10-2-1-5-16-7-10/h4-5,8-12,15H,6-7H2,1-3H3;1-2,5-9,12,18H,3-4H2. The summed E-state index contributed by atoms with van der Waals surface area (Å²) >= 11 is 0. The van der Waals surface area contributed by atoms with E-state index in [9.17, 15) is 14.4 Å². The van der Waals surface area contributed by atoms with E-state index in [4.69, 9.17) is 4.74 Å². The Morgan fingerprint density at radius 1 is 0.837 bits per heavy atom. The van der Waals surface area contributed by atoms with Gasteiger partial charge in [0.25, 0.3) is 0 Å². The first-order valence-electron chi connectivity index (χ1n) is 16.0. The van der Waals surface area contributed by atoms with E-state index in [1.165, 1.54) is 10.7 Å². The SMILES string of the molecule is CC(C)(C)OC(=O)N(c1cc(-c2cccnc2)nc2c(C=O)cnn12)C1CC1.O=Cc1cnn2c(NC3CC3)cc(-c3cccnc3)nc12. The highest BCUT2D eigenvalue weighted by atomic mass is 16.6. The normalized spacial score (nSPS) is 14.2. The molecule has 0 radical (unpaired) electrons. The van der Waals surface area contributed by atoms with Crippen molar-refractivity contribution in [3.05, 3.63) is 84.7 Å². The van der Waals surface area contributed by atoms with Crippen molar-refractivity contribution >= 4 is 41.6 Å². The van der Waals surface area contributed by atoms with Gasteiger partial charge in [-0.15, -0.1) is 0 Å². The number of amides is 1. The van der Waals surface area contributed by atoms with Gasteiger partial charge in [0.15, 0.2) is 23.9 Å². The summed E-state index contributed by atoms with van der Waals surface area (Å²) in [5.74, 6) is 1.38. The molecule has 14 nitrogen and oxygen atoms in total. The Hall–Kier alpha value is -6.05. The zero-order valence-corrected chi connectivity index (χ0v) is 27.2. The van der Waals surface area contributed by atoms with Crippen LogP contribution in [0.4, 0.5) is 16.4 Å². The van der Waals surface area contributed by atoms with Crippen molar-refractivity contribution in [1.82, 2.24) is 39.2 Å². The van der Waals surface area contributed by atoms with Crippen molar-refractivity contribution < 1.29 is 19.1 Å². The fourth-order valence-electron chi connectivity index (χ4n) is 5.22. The second kappa shape index (κ2) is 12.9. The fourth-order valence-corrected chi connectivity index (χ4v) is 5.22. The number of aldehydes is 2. The molecular weight excluding hydrogens is 624 g/mol. The van der Waals surface area contributed by atoms with Crippen LogP contribution in [0.15, 0.2) is 73.6 Å². The number of rotatable bonds is 8. The Labute approximate surface area is 281 Å². The van der Waals surface area contributed by atoms with Crippen LogP contribution in [0.5, 0.6) is 0 Å². The van der Waals surface area contributed by atoms with Gasteiger partial charge < -0.3 is 10.1 Å². The van der Waals surface area contributed by atoms with E-state index >= 15 is 0 Å². The molecular formula is C35H34N10O4. The van der Waals surface area contributed by atoms with Gasteiger partial charge in [-0.25, -0.2) is 14.8 Å². The van der Waals surface area contributed by atoms with E-state index in [-0.39, 0.29) is 6.04 Å². The highest BCUT2D eigenvalue weighted by molar-refractivity contribution is 5.91. The number of hydrogen-bond acceptors (Lipinski definition) is 11. The van der Waals surface area contributed by atoms with Gasteiger partial charge >= 0.3 is 6.09 Å². The quantitative estimate of drug-likeness (QED) is 0.200. The smallest absolute Gasteiger partial charge is 0.416 e. The number of carbonyl (C=O) groups excluding carboxylic acids is 3. The number of pyridine rings is 2. The number of fused-ring (bicyclic) bond motifs is 2. The minimum Gasteiger partial charge on any atom is -0.443 e. The molecule has 2 aliphatic carbocycles. The lowest BCUT2D eigenvalue weighted by atomic mass is 10.2. The molecule has 0 unspecified atom stereocenters. The summed E-state index contributed by atoms with van der Waals surface area (Å²) in [6.07, 6.45) is 15.0. The van der Waals surface area contributed by atoms with Crippen LogP contribution in [0.2, 0.25) is 0 Å². The van der Waals surface area contributed by atoms with Crippen LogP contribution in [-0.4, -0.2) is 75.5 Å². The van der Waals surface area contributed by atoms with Gasteiger partial charge in [0, 0.05) is 60.1 Å². The average Bonchev–Trinajstić information content (AvgIpc) is 4.03. The number of nitrogens with one attached hydrogen (secondary N) is 1. The first-order chi connectivity index (χ1) is 23.7. The Balaban J connectivity index is 0.000000160. The number of ether oxygens (including phenoxy) is 1.